The van der Waals surface area contributed by atoms with E-state index in [1.165, 1.54) is 0 Å². The van der Waals surface area contributed by atoms with Gasteiger partial charge in [0.2, 0.25) is 5.91 Å². The highest BCUT2D eigenvalue weighted by Crippen LogP contribution is 2.34. The van der Waals surface area contributed by atoms with Crippen molar-refractivity contribution in [1.82, 2.24) is 0 Å². The van der Waals surface area contributed by atoms with Gasteiger partial charge >= 0.3 is 12.3 Å². The fourth-order valence-corrected chi connectivity index (χ4v) is 1.28. The molecule has 1 aromatic rings. The summed E-state index contributed by atoms with van der Waals surface area (Å²) in [7, 11) is 0. The number of halogens is 4. The smallest absolute Gasteiger partial charge is 0.478 e. The second kappa shape index (κ2) is 5.12. The molecular formula is C10H7F4NO4. The SMILES string of the molecule is CC(=O)Nc1c(OC(F)(F)F)ccc(F)c1C(=O)O. The first-order chi connectivity index (χ1) is 8.61. The van der Waals surface area contributed by atoms with Crippen LogP contribution in [0.4, 0.5) is 23.2 Å². The Hall–Kier alpha value is -2.32. The van der Waals surface area contributed by atoms with Crippen LogP contribution in [-0.4, -0.2) is 23.3 Å². The molecule has 0 aliphatic rings. The lowest BCUT2D eigenvalue weighted by Gasteiger charge is -2.15. The Morgan fingerprint density at radius 1 is 1.32 bits per heavy atom. The standard InChI is InChI=1S/C10H7F4NO4/c1-4(16)15-8-6(19-10(12,13)14)3-2-5(11)7(8)9(17)18/h2-3H,1H3,(H,15,16)(H,17,18). The van der Waals surface area contributed by atoms with Gasteiger partial charge in [0.25, 0.3) is 0 Å². The van der Waals surface area contributed by atoms with E-state index in [1.807, 2.05) is 0 Å². The Labute approximate surface area is 103 Å². The number of benzene rings is 1. The first-order valence-corrected chi connectivity index (χ1v) is 4.71. The summed E-state index contributed by atoms with van der Waals surface area (Å²) in [6.07, 6.45) is -5.11. The van der Waals surface area contributed by atoms with Gasteiger partial charge in [-0.25, -0.2) is 9.18 Å². The molecule has 0 bridgehead atoms. The molecule has 19 heavy (non-hydrogen) atoms. The maximum Gasteiger partial charge on any atom is 0.573 e. The Balaban J connectivity index is 3.42. The first kappa shape index (κ1) is 14.7. The van der Waals surface area contributed by atoms with Crippen LogP contribution >= 0.6 is 0 Å². The lowest BCUT2D eigenvalue weighted by Crippen LogP contribution is -2.20. The molecule has 0 aliphatic heterocycles. The third-order valence-electron chi connectivity index (χ3n) is 1.86. The fourth-order valence-electron chi connectivity index (χ4n) is 1.28. The topological polar surface area (TPSA) is 75.6 Å². The first-order valence-electron chi connectivity index (χ1n) is 4.71. The highest BCUT2D eigenvalue weighted by atomic mass is 19.4. The number of hydrogen-bond donors (Lipinski definition) is 2. The summed E-state index contributed by atoms with van der Waals surface area (Å²) in [5, 5.41) is 10.6. The molecule has 0 fully saturated rings. The molecule has 1 aromatic carbocycles. The summed E-state index contributed by atoms with van der Waals surface area (Å²) < 4.78 is 53.2. The van der Waals surface area contributed by atoms with Crippen LogP contribution in [0.1, 0.15) is 17.3 Å². The van der Waals surface area contributed by atoms with E-state index in [9.17, 15) is 27.2 Å². The number of ether oxygens (including phenoxy) is 1. The van der Waals surface area contributed by atoms with Crippen molar-refractivity contribution < 1.29 is 37.0 Å². The number of carboxylic acids is 1. The molecule has 1 amide bonds. The maximum atomic E-state index is 13.3. The summed E-state index contributed by atoms with van der Waals surface area (Å²) in [5.74, 6) is -5.03. The third kappa shape index (κ3) is 3.83. The van der Waals surface area contributed by atoms with Gasteiger partial charge in [-0.15, -0.1) is 13.2 Å². The van der Waals surface area contributed by atoms with Crippen LogP contribution in [0.15, 0.2) is 12.1 Å². The molecule has 0 atom stereocenters. The zero-order chi connectivity index (χ0) is 14.8. The number of rotatable bonds is 3. The van der Waals surface area contributed by atoms with Crippen LogP contribution in [0.25, 0.3) is 0 Å². The van der Waals surface area contributed by atoms with E-state index in [-0.39, 0.29) is 0 Å². The quantitative estimate of drug-likeness (QED) is 0.834. The minimum Gasteiger partial charge on any atom is -0.478 e. The number of nitrogens with one attached hydrogen (secondary N) is 1. The van der Waals surface area contributed by atoms with E-state index in [1.54, 1.807) is 5.32 Å². The van der Waals surface area contributed by atoms with Gasteiger partial charge in [0.1, 0.15) is 17.1 Å². The third-order valence-corrected chi connectivity index (χ3v) is 1.86. The Morgan fingerprint density at radius 2 is 1.89 bits per heavy atom. The van der Waals surface area contributed by atoms with Crippen molar-refractivity contribution in [2.45, 2.75) is 13.3 Å². The average Bonchev–Trinajstić information content (AvgIpc) is 2.19. The van der Waals surface area contributed by atoms with Gasteiger partial charge in [0.15, 0.2) is 5.75 Å². The predicted molar refractivity (Wildman–Crippen MR) is 54.3 cm³/mol. The van der Waals surface area contributed by atoms with Crippen LogP contribution in [0, 0.1) is 5.82 Å². The van der Waals surface area contributed by atoms with Crippen molar-refractivity contribution in [3.05, 3.63) is 23.5 Å². The van der Waals surface area contributed by atoms with Gasteiger partial charge in [0.05, 0.1) is 0 Å². The van der Waals surface area contributed by atoms with E-state index in [2.05, 4.69) is 4.74 Å². The Bertz CT molecular complexity index is 527. The summed E-state index contributed by atoms with van der Waals surface area (Å²) in [6, 6.07) is 1.07. The monoisotopic (exact) mass is 281 g/mol. The molecule has 0 saturated carbocycles. The number of hydrogen-bond acceptors (Lipinski definition) is 3. The second-order valence-corrected chi connectivity index (χ2v) is 3.33. The van der Waals surface area contributed by atoms with Crippen LogP contribution in [0.5, 0.6) is 5.75 Å². The van der Waals surface area contributed by atoms with Crippen LogP contribution in [0.3, 0.4) is 0 Å². The lowest BCUT2D eigenvalue weighted by atomic mass is 10.1. The Morgan fingerprint density at radius 3 is 2.32 bits per heavy atom. The van der Waals surface area contributed by atoms with Crippen molar-refractivity contribution in [1.29, 1.82) is 0 Å². The largest absolute Gasteiger partial charge is 0.573 e. The number of carbonyl (C=O) groups excluding carboxylic acids is 1. The normalized spacial score (nSPS) is 11.0. The molecule has 0 aliphatic carbocycles. The van der Waals surface area contributed by atoms with Gasteiger partial charge in [0, 0.05) is 6.92 Å². The van der Waals surface area contributed by atoms with Gasteiger partial charge < -0.3 is 15.2 Å². The highest BCUT2D eigenvalue weighted by molar-refractivity contribution is 6.02. The van der Waals surface area contributed by atoms with Crippen molar-refractivity contribution in [2.24, 2.45) is 0 Å². The number of anilines is 1. The van der Waals surface area contributed by atoms with E-state index in [0.717, 1.165) is 6.92 Å². The summed E-state index contributed by atoms with van der Waals surface area (Å²) in [6.45, 7) is 0.925. The molecule has 0 saturated heterocycles. The molecule has 2 N–H and O–H groups in total. The zero-order valence-corrected chi connectivity index (χ0v) is 9.34. The van der Waals surface area contributed by atoms with E-state index < -0.39 is 41.1 Å². The van der Waals surface area contributed by atoms with Gasteiger partial charge in [-0.05, 0) is 12.1 Å². The summed E-state index contributed by atoms with van der Waals surface area (Å²) in [5.41, 5.74) is -2.01. The molecule has 1 rings (SSSR count). The number of aromatic carboxylic acids is 1. The number of amides is 1. The van der Waals surface area contributed by atoms with Gasteiger partial charge in [-0.3, -0.25) is 4.79 Å². The maximum absolute atomic E-state index is 13.3. The zero-order valence-electron chi connectivity index (χ0n) is 9.34. The number of carboxylic acid groups (broad SMARTS) is 1. The van der Waals surface area contributed by atoms with E-state index in [0.29, 0.717) is 12.1 Å². The van der Waals surface area contributed by atoms with Gasteiger partial charge in [-0.2, -0.15) is 0 Å². The van der Waals surface area contributed by atoms with Crippen molar-refractivity contribution in [2.75, 3.05) is 5.32 Å². The Kier molecular flexibility index (Phi) is 3.98. The minimum absolute atomic E-state index is 0.496. The minimum atomic E-state index is -5.11. The molecule has 5 nitrogen and oxygen atoms in total. The van der Waals surface area contributed by atoms with Crippen LogP contribution in [0.2, 0.25) is 0 Å². The number of alkyl halides is 3. The molecule has 0 heterocycles. The van der Waals surface area contributed by atoms with E-state index in [4.69, 9.17) is 5.11 Å². The molecular weight excluding hydrogens is 274 g/mol. The fraction of sp³-hybridized carbons (Fsp3) is 0.200. The van der Waals surface area contributed by atoms with Crippen LogP contribution < -0.4 is 10.1 Å². The predicted octanol–water partition coefficient (Wildman–Crippen LogP) is 2.38. The van der Waals surface area contributed by atoms with E-state index >= 15 is 0 Å². The lowest BCUT2D eigenvalue weighted by molar-refractivity contribution is -0.274. The van der Waals surface area contributed by atoms with Crippen molar-refractivity contribution >= 4 is 17.6 Å². The van der Waals surface area contributed by atoms with Crippen LogP contribution in [-0.2, 0) is 4.79 Å². The molecule has 0 spiro atoms. The molecule has 104 valence electrons. The summed E-state index contributed by atoms with van der Waals surface area (Å²) in [4.78, 5) is 21.7. The highest BCUT2D eigenvalue weighted by Gasteiger charge is 2.34. The van der Waals surface area contributed by atoms with Crippen molar-refractivity contribution in [3.63, 3.8) is 0 Å². The molecule has 0 radical (unpaired) electrons. The summed E-state index contributed by atoms with van der Waals surface area (Å²) >= 11 is 0. The average molecular weight is 281 g/mol. The molecule has 9 heteroatoms. The second-order valence-electron chi connectivity index (χ2n) is 3.33. The molecule has 0 aromatic heterocycles. The van der Waals surface area contributed by atoms with Crippen molar-refractivity contribution in [3.8, 4) is 5.75 Å². The molecule has 0 unspecified atom stereocenters. The number of carbonyl (C=O) groups is 2. The van der Waals surface area contributed by atoms with Gasteiger partial charge in [-0.1, -0.05) is 0 Å².